The molecule has 0 saturated carbocycles. The summed E-state index contributed by atoms with van der Waals surface area (Å²) in [4.78, 5) is 32.5. The van der Waals surface area contributed by atoms with E-state index in [9.17, 15) is 14.5 Å². The van der Waals surface area contributed by atoms with Gasteiger partial charge in [-0.15, -0.1) is 0 Å². The molecule has 16 heavy (non-hydrogen) atoms. The lowest BCUT2D eigenvalue weighted by Gasteiger charge is -2.10. The fourth-order valence-electron chi connectivity index (χ4n) is 0.951. The van der Waals surface area contributed by atoms with E-state index in [2.05, 4.69) is 23.9 Å². The van der Waals surface area contributed by atoms with Crippen molar-refractivity contribution in [1.82, 2.24) is 0 Å². The van der Waals surface area contributed by atoms with E-state index < -0.39 is 23.9 Å². The minimum atomic E-state index is -0.977. The van der Waals surface area contributed by atoms with Gasteiger partial charge in [-0.1, -0.05) is 14.4 Å². The molecule has 0 saturated heterocycles. The van der Waals surface area contributed by atoms with Gasteiger partial charge < -0.3 is 9.47 Å². The highest BCUT2D eigenvalue weighted by atomic mass is 31.0. The molecule has 2 unspecified atom stereocenters. The molecule has 0 heterocycles. The summed E-state index contributed by atoms with van der Waals surface area (Å²) >= 11 is 0. The molecule has 0 aliphatic carbocycles. The highest BCUT2D eigenvalue weighted by Gasteiger charge is 2.20. The zero-order valence-corrected chi connectivity index (χ0v) is 10.1. The lowest BCUT2D eigenvalue weighted by atomic mass is 10.1. The minimum absolute atomic E-state index is 0.214. The Kier molecular flexibility index (Phi) is 7.58. The summed E-state index contributed by atoms with van der Waals surface area (Å²) in [6.45, 7) is 1.86. The molecule has 92 valence electrons. The molecule has 0 aliphatic rings. The maximum absolute atomic E-state index is 11.1. The monoisotopic (exact) mass is 250 g/mol. The molecule has 0 bridgehead atoms. The highest BCUT2D eigenvalue weighted by molar-refractivity contribution is 7.17. The summed E-state index contributed by atoms with van der Waals surface area (Å²) in [5, 5.41) is 2.66. The molecule has 3 atom stereocenters. The molecule has 0 fully saturated rings. The number of nitrogens with two attached hydrogens (primary N) is 1. The van der Waals surface area contributed by atoms with E-state index in [-0.39, 0.29) is 19.4 Å². The van der Waals surface area contributed by atoms with E-state index in [4.69, 9.17) is 5.73 Å². The Balaban J connectivity index is 4.04. The van der Waals surface area contributed by atoms with Crippen LogP contribution < -0.4 is 5.73 Å². The normalized spacial score (nSPS) is 13.7. The fourth-order valence-corrected chi connectivity index (χ4v) is 1.10. The number of hydrogen-bond donors (Lipinski definition) is 1. The smallest absolute Gasteiger partial charge is 0.309 e. The number of carbonyl (C=O) groups is 2. The maximum atomic E-state index is 11.1. The van der Waals surface area contributed by atoms with Crippen molar-refractivity contribution in [1.29, 1.82) is 0 Å². The quantitative estimate of drug-likeness (QED) is 0.297. The predicted molar refractivity (Wildman–Crippen MR) is 59.2 cm³/mol. The second-order valence-electron chi connectivity index (χ2n) is 2.93. The maximum Gasteiger partial charge on any atom is 0.309 e. The lowest BCUT2D eigenvalue weighted by molar-refractivity contribution is -0.146. The van der Waals surface area contributed by atoms with Crippen LogP contribution in [0.4, 0.5) is 0 Å². The topological polar surface area (TPSA) is 108 Å². The van der Waals surface area contributed by atoms with Gasteiger partial charge in [0.25, 0.3) is 0 Å². The van der Waals surface area contributed by atoms with Crippen LogP contribution in [0.3, 0.4) is 0 Å². The van der Waals surface area contributed by atoms with E-state index >= 15 is 0 Å². The van der Waals surface area contributed by atoms with E-state index in [1.54, 1.807) is 6.92 Å². The van der Waals surface area contributed by atoms with Gasteiger partial charge in [0, 0.05) is 0 Å². The summed E-state index contributed by atoms with van der Waals surface area (Å²) < 4.78 is 9.19. The minimum Gasteiger partial charge on any atom is -0.466 e. The molecular formula is C8H15N2O5P. The molecular weight excluding hydrogens is 235 g/mol. The molecule has 7 nitrogen and oxygen atoms in total. The summed E-state index contributed by atoms with van der Waals surface area (Å²) in [5.74, 6) is -2.09. The number of carbonyl (C=O) groups excluding carboxylic acids is 2. The van der Waals surface area contributed by atoms with Crippen LogP contribution >= 0.6 is 9.24 Å². The Morgan fingerprint density at radius 2 is 1.94 bits per heavy atom. The van der Waals surface area contributed by atoms with Crippen LogP contribution in [0.15, 0.2) is 5.18 Å². The third-order valence-electron chi connectivity index (χ3n) is 1.53. The van der Waals surface area contributed by atoms with Gasteiger partial charge in [-0.3, -0.25) is 15.3 Å². The third-order valence-corrected chi connectivity index (χ3v) is 1.66. The average molecular weight is 250 g/mol. The SMILES string of the molecule is CCOC(=O)CC(CC(=O)O[C@H](N)P)N=O. The van der Waals surface area contributed by atoms with Crippen LogP contribution in [0.1, 0.15) is 19.8 Å². The molecule has 0 aromatic rings. The summed E-state index contributed by atoms with van der Waals surface area (Å²) in [7, 11) is 2.06. The zero-order valence-electron chi connectivity index (χ0n) is 8.92. The van der Waals surface area contributed by atoms with Crippen molar-refractivity contribution in [2.45, 2.75) is 31.8 Å². The van der Waals surface area contributed by atoms with E-state index in [0.717, 1.165) is 0 Å². The molecule has 0 radical (unpaired) electrons. The number of nitroso groups, excluding NO2 is 1. The Hall–Kier alpha value is -1.07. The number of ether oxygens (including phenoxy) is 2. The molecule has 0 aromatic carbocycles. The van der Waals surface area contributed by atoms with Crippen molar-refractivity contribution in [3.63, 3.8) is 0 Å². The van der Waals surface area contributed by atoms with Crippen LogP contribution in [0.5, 0.6) is 0 Å². The molecule has 0 rings (SSSR count). The van der Waals surface area contributed by atoms with Crippen molar-refractivity contribution >= 4 is 21.2 Å². The Morgan fingerprint density at radius 3 is 2.38 bits per heavy atom. The largest absolute Gasteiger partial charge is 0.466 e. The van der Waals surface area contributed by atoms with Crippen LogP contribution in [0, 0.1) is 4.91 Å². The Bertz CT molecular complexity index is 259. The summed E-state index contributed by atoms with van der Waals surface area (Å²) in [6, 6.07) is -0.977. The number of rotatable bonds is 7. The number of hydrogen-bond acceptors (Lipinski definition) is 7. The molecule has 0 aromatic heterocycles. The van der Waals surface area contributed by atoms with Crippen molar-refractivity contribution in [3.05, 3.63) is 4.91 Å². The average Bonchev–Trinajstić information content (AvgIpc) is 2.15. The van der Waals surface area contributed by atoms with Gasteiger partial charge >= 0.3 is 11.9 Å². The van der Waals surface area contributed by atoms with Crippen LogP contribution in [-0.4, -0.2) is 30.6 Å². The molecule has 2 N–H and O–H groups in total. The second kappa shape index (κ2) is 8.13. The van der Waals surface area contributed by atoms with Crippen LogP contribution in [-0.2, 0) is 19.1 Å². The van der Waals surface area contributed by atoms with Crippen LogP contribution in [0.25, 0.3) is 0 Å². The first-order valence-electron chi connectivity index (χ1n) is 4.68. The third kappa shape index (κ3) is 7.25. The van der Waals surface area contributed by atoms with E-state index in [1.165, 1.54) is 0 Å². The number of esters is 2. The van der Waals surface area contributed by atoms with Gasteiger partial charge in [0.15, 0.2) is 5.97 Å². The van der Waals surface area contributed by atoms with Crippen LogP contribution in [0.2, 0.25) is 0 Å². The Labute approximate surface area is 95.2 Å². The van der Waals surface area contributed by atoms with Gasteiger partial charge in [-0.2, -0.15) is 4.91 Å². The molecule has 8 heteroatoms. The molecule has 0 aliphatic heterocycles. The van der Waals surface area contributed by atoms with Crippen molar-refractivity contribution in [2.75, 3.05) is 6.61 Å². The lowest BCUT2D eigenvalue weighted by Crippen LogP contribution is -2.24. The van der Waals surface area contributed by atoms with Gasteiger partial charge in [0.2, 0.25) is 0 Å². The van der Waals surface area contributed by atoms with E-state index in [0.29, 0.717) is 0 Å². The van der Waals surface area contributed by atoms with Crippen molar-refractivity contribution in [2.24, 2.45) is 10.9 Å². The van der Waals surface area contributed by atoms with Gasteiger partial charge in [-0.25, -0.2) is 0 Å². The van der Waals surface area contributed by atoms with E-state index in [1.807, 2.05) is 0 Å². The standard InChI is InChI=1S/C8H15N2O5P/c1-2-14-6(11)3-5(10-13)4-7(12)15-8(9)16/h5,8H,2-4,9,16H2,1H3/t5?,8-/m0/s1. The zero-order chi connectivity index (χ0) is 12.6. The first-order valence-corrected chi connectivity index (χ1v) is 5.35. The molecule has 0 spiro atoms. The van der Waals surface area contributed by atoms with Gasteiger partial charge in [-0.05, 0) is 6.92 Å². The van der Waals surface area contributed by atoms with Gasteiger partial charge in [0.1, 0.15) is 6.04 Å². The van der Waals surface area contributed by atoms with Crippen molar-refractivity contribution in [3.8, 4) is 0 Å². The van der Waals surface area contributed by atoms with Crippen molar-refractivity contribution < 1.29 is 19.1 Å². The predicted octanol–water partition coefficient (Wildman–Crippen LogP) is 0.125. The summed E-state index contributed by atoms with van der Waals surface area (Å²) in [5.41, 5.74) is 5.18. The highest BCUT2D eigenvalue weighted by Crippen LogP contribution is 2.08. The Morgan fingerprint density at radius 1 is 1.38 bits per heavy atom. The first-order chi connectivity index (χ1) is 7.49. The van der Waals surface area contributed by atoms with Gasteiger partial charge in [0.05, 0.1) is 19.4 Å². The molecule has 0 amide bonds. The summed E-state index contributed by atoms with van der Waals surface area (Å²) in [6.07, 6.45) is -0.525. The first kappa shape index (κ1) is 14.9. The fraction of sp³-hybridized carbons (Fsp3) is 0.750. The number of nitrogens with zero attached hydrogens (tertiary/aromatic N) is 1. The second-order valence-corrected chi connectivity index (χ2v) is 3.58.